The summed E-state index contributed by atoms with van der Waals surface area (Å²) in [6.07, 6.45) is 0.692. The average Bonchev–Trinajstić information content (AvgIpc) is 2.47. The van der Waals surface area contributed by atoms with Gasteiger partial charge < -0.3 is 10.1 Å². The van der Waals surface area contributed by atoms with Crippen LogP contribution in [0.2, 0.25) is 0 Å². The molecule has 118 valence electrons. The minimum absolute atomic E-state index is 0.0343. The summed E-state index contributed by atoms with van der Waals surface area (Å²) in [5.74, 6) is 0.447. The fourth-order valence-electron chi connectivity index (χ4n) is 3.50. The fourth-order valence-corrected chi connectivity index (χ4v) is 3.94. The lowest BCUT2D eigenvalue weighted by Crippen LogP contribution is -2.65. The molecule has 1 saturated heterocycles. The van der Waals surface area contributed by atoms with Gasteiger partial charge in [0.2, 0.25) is 0 Å². The van der Waals surface area contributed by atoms with Crippen LogP contribution in [0.15, 0.2) is 42.5 Å². The van der Waals surface area contributed by atoms with Gasteiger partial charge in [0.1, 0.15) is 11.6 Å². The van der Waals surface area contributed by atoms with Gasteiger partial charge in [-0.25, -0.2) is 4.39 Å². The van der Waals surface area contributed by atoms with Gasteiger partial charge in [0, 0.05) is 17.7 Å². The highest BCUT2D eigenvalue weighted by Gasteiger charge is 2.48. The molecule has 2 aromatic carbocycles. The molecule has 0 saturated carbocycles. The van der Waals surface area contributed by atoms with E-state index >= 15 is 0 Å². The van der Waals surface area contributed by atoms with Gasteiger partial charge in [0.15, 0.2) is 10.8 Å². The number of nitrogens with zero attached hydrogens (tertiary/aromatic N) is 1. The summed E-state index contributed by atoms with van der Waals surface area (Å²) >= 11 is 5.58. The van der Waals surface area contributed by atoms with Crippen molar-refractivity contribution in [2.45, 2.75) is 32.0 Å². The molecule has 2 heterocycles. The Morgan fingerprint density at radius 3 is 2.91 bits per heavy atom. The quantitative estimate of drug-likeness (QED) is 0.798. The Labute approximate surface area is 140 Å². The van der Waals surface area contributed by atoms with Crippen molar-refractivity contribution in [1.29, 1.82) is 0 Å². The van der Waals surface area contributed by atoms with Crippen LogP contribution in [0.5, 0.6) is 5.75 Å². The second-order valence-corrected chi connectivity index (χ2v) is 6.73. The van der Waals surface area contributed by atoms with E-state index in [0.29, 0.717) is 17.3 Å². The molecule has 2 bridgehead atoms. The summed E-state index contributed by atoms with van der Waals surface area (Å²) < 4.78 is 19.8. The number of nitrogens with one attached hydrogen (secondary N) is 1. The highest BCUT2D eigenvalue weighted by molar-refractivity contribution is 7.80. The van der Waals surface area contributed by atoms with Crippen molar-refractivity contribution in [3.05, 3.63) is 59.4 Å². The van der Waals surface area contributed by atoms with Crippen molar-refractivity contribution < 1.29 is 9.13 Å². The smallest absolute Gasteiger partial charge is 0.188 e. The lowest BCUT2D eigenvalue weighted by atomic mass is 9.90. The zero-order chi connectivity index (χ0) is 16.2. The fraction of sp³-hybridized carbons (Fsp3) is 0.278. The number of ether oxygens (including phenoxy) is 1. The maximum Gasteiger partial charge on any atom is 0.188 e. The first-order chi connectivity index (χ1) is 11.0. The number of halogens is 1. The topological polar surface area (TPSA) is 24.5 Å². The van der Waals surface area contributed by atoms with Crippen molar-refractivity contribution in [2.24, 2.45) is 0 Å². The molecule has 0 unspecified atom stereocenters. The van der Waals surface area contributed by atoms with Crippen molar-refractivity contribution in [1.82, 2.24) is 5.32 Å². The first-order valence-electron chi connectivity index (χ1n) is 7.62. The van der Waals surface area contributed by atoms with E-state index in [1.165, 1.54) is 12.1 Å². The van der Waals surface area contributed by atoms with Gasteiger partial charge in [0.05, 0.1) is 6.04 Å². The summed E-state index contributed by atoms with van der Waals surface area (Å²) in [5.41, 5.74) is 2.39. The maximum absolute atomic E-state index is 13.6. The van der Waals surface area contributed by atoms with Crippen LogP contribution in [-0.4, -0.2) is 10.8 Å². The molecule has 4 rings (SSSR count). The molecule has 23 heavy (non-hydrogen) atoms. The first kappa shape index (κ1) is 14.5. The Balaban J connectivity index is 1.81. The van der Waals surface area contributed by atoms with E-state index in [9.17, 15) is 4.39 Å². The first-order valence-corrected chi connectivity index (χ1v) is 8.03. The lowest BCUT2D eigenvalue weighted by Gasteiger charge is -2.52. The highest BCUT2D eigenvalue weighted by Crippen LogP contribution is 2.45. The second kappa shape index (κ2) is 4.93. The van der Waals surface area contributed by atoms with Crippen molar-refractivity contribution >= 4 is 23.0 Å². The van der Waals surface area contributed by atoms with Gasteiger partial charge in [-0.05, 0) is 62.0 Å². The molecule has 2 aliphatic heterocycles. The Kier molecular flexibility index (Phi) is 3.10. The standard InChI is InChI=1S/C18H17FN2OS/c1-11-4-3-5-13(8-11)21-17(23)20-15-10-18(21,2)22-16-7-6-12(19)9-14(15)16/h3-9,15H,10H2,1-2H3,(H,20,23)/t15-,18-/m1/s1. The normalized spacial score (nSPS) is 25.4. The molecule has 5 heteroatoms. The minimum Gasteiger partial charge on any atom is -0.467 e. The average molecular weight is 328 g/mol. The Bertz CT molecular complexity index is 809. The zero-order valence-corrected chi connectivity index (χ0v) is 13.8. The molecule has 1 N–H and O–H groups in total. The van der Waals surface area contributed by atoms with Crippen molar-refractivity contribution in [3.63, 3.8) is 0 Å². The van der Waals surface area contributed by atoms with Gasteiger partial charge in [-0.3, -0.25) is 4.90 Å². The molecule has 0 aromatic heterocycles. The summed E-state index contributed by atoms with van der Waals surface area (Å²) in [6, 6.07) is 12.8. The second-order valence-electron chi connectivity index (χ2n) is 6.34. The molecule has 2 aromatic rings. The molecule has 0 aliphatic carbocycles. The Morgan fingerprint density at radius 1 is 1.30 bits per heavy atom. The number of anilines is 1. The van der Waals surface area contributed by atoms with Crippen LogP contribution in [0.25, 0.3) is 0 Å². The van der Waals surface area contributed by atoms with Gasteiger partial charge in [-0.2, -0.15) is 0 Å². The van der Waals surface area contributed by atoms with Crippen molar-refractivity contribution in [2.75, 3.05) is 4.90 Å². The van der Waals surface area contributed by atoms with E-state index in [2.05, 4.69) is 24.4 Å². The molecule has 0 radical (unpaired) electrons. The van der Waals surface area contributed by atoms with E-state index in [4.69, 9.17) is 17.0 Å². The number of rotatable bonds is 1. The van der Waals surface area contributed by atoms with Crippen LogP contribution >= 0.6 is 12.2 Å². The van der Waals surface area contributed by atoms with Crippen LogP contribution in [0.1, 0.15) is 30.5 Å². The largest absolute Gasteiger partial charge is 0.467 e. The Hall–Kier alpha value is -2.14. The molecule has 2 aliphatic rings. The number of hydrogen-bond donors (Lipinski definition) is 1. The third-order valence-electron chi connectivity index (χ3n) is 4.49. The van der Waals surface area contributed by atoms with Crippen molar-refractivity contribution in [3.8, 4) is 5.75 Å². The number of benzene rings is 2. The molecular formula is C18H17FN2OS. The summed E-state index contributed by atoms with van der Waals surface area (Å²) in [5, 5.41) is 3.94. The van der Waals surface area contributed by atoms with Crippen LogP contribution < -0.4 is 15.0 Å². The van der Waals surface area contributed by atoms with Gasteiger partial charge in [-0.15, -0.1) is 0 Å². The third kappa shape index (κ3) is 2.27. The number of hydrogen-bond acceptors (Lipinski definition) is 2. The van der Waals surface area contributed by atoms with Gasteiger partial charge in [0.25, 0.3) is 0 Å². The van der Waals surface area contributed by atoms with Crippen LogP contribution in [0.3, 0.4) is 0 Å². The minimum atomic E-state index is -0.592. The van der Waals surface area contributed by atoms with Crippen LogP contribution in [0, 0.1) is 12.7 Å². The van der Waals surface area contributed by atoms with Crippen LogP contribution in [0.4, 0.5) is 10.1 Å². The van der Waals surface area contributed by atoms with Gasteiger partial charge in [-0.1, -0.05) is 12.1 Å². The zero-order valence-electron chi connectivity index (χ0n) is 13.0. The number of aryl methyl sites for hydroxylation is 1. The number of thiocarbonyl (C=S) groups is 1. The lowest BCUT2D eigenvalue weighted by molar-refractivity contribution is 0.0495. The summed E-state index contributed by atoms with van der Waals surface area (Å²) in [4.78, 5) is 2.01. The summed E-state index contributed by atoms with van der Waals surface area (Å²) in [6.45, 7) is 4.08. The Morgan fingerprint density at radius 2 is 2.13 bits per heavy atom. The monoisotopic (exact) mass is 328 g/mol. The van der Waals surface area contributed by atoms with Crippen LogP contribution in [-0.2, 0) is 0 Å². The molecule has 2 atom stereocenters. The molecule has 1 fully saturated rings. The molecule has 0 amide bonds. The highest BCUT2D eigenvalue weighted by atomic mass is 32.1. The van der Waals surface area contributed by atoms with Gasteiger partial charge >= 0.3 is 0 Å². The molecule has 3 nitrogen and oxygen atoms in total. The van der Waals surface area contributed by atoms with E-state index in [1.54, 1.807) is 6.07 Å². The SMILES string of the molecule is Cc1cccc(N2C(=S)N[C@@H]3C[C@@]2(C)Oc2ccc(F)cc23)c1. The molecule has 0 spiro atoms. The maximum atomic E-state index is 13.6. The van der Waals surface area contributed by atoms with E-state index in [1.807, 2.05) is 24.0 Å². The van der Waals surface area contributed by atoms with E-state index in [-0.39, 0.29) is 11.9 Å². The predicted octanol–water partition coefficient (Wildman–Crippen LogP) is 4.07. The third-order valence-corrected chi connectivity index (χ3v) is 4.79. The van der Waals surface area contributed by atoms with E-state index in [0.717, 1.165) is 16.8 Å². The summed E-state index contributed by atoms with van der Waals surface area (Å²) in [7, 11) is 0. The predicted molar refractivity (Wildman–Crippen MR) is 92.2 cm³/mol. The van der Waals surface area contributed by atoms with E-state index < -0.39 is 5.72 Å². The molecular weight excluding hydrogens is 311 g/mol. The number of fused-ring (bicyclic) bond motifs is 4.